The van der Waals surface area contributed by atoms with Crippen molar-refractivity contribution in [3.8, 4) is 5.75 Å². The smallest absolute Gasteiger partial charge is 0.134 e. The molecule has 1 N–H and O–H groups in total. The van der Waals surface area contributed by atoms with Crippen LogP contribution >= 0.6 is 0 Å². The number of aryl methyl sites for hydroxylation is 1. The van der Waals surface area contributed by atoms with E-state index < -0.39 is 0 Å². The Labute approximate surface area is 113 Å². The minimum Gasteiger partial charge on any atom is -0.487 e. The Morgan fingerprint density at radius 3 is 2.95 bits per heavy atom. The number of hydrogen-bond acceptors (Lipinski definition) is 4. The molecule has 1 heterocycles. The van der Waals surface area contributed by atoms with Crippen molar-refractivity contribution in [2.24, 2.45) is 0 Å². The Bertz CT molecular complexity index is 508. The minimum atomic E-state index is 0.434. The summed E-state index contributed by atoms with van der Waals surface area (Å²) in [5.74, 6) is 1.66. The molecule has 0 amide bonds. The van der Waals surface area contributed by atoms with E-state index in [1.165, 1.54) is 5.56 Å². The highest BCUT2D eigenvalue weighted by Gasteiger charge is 2.02. The molecule has 0 spiro atoms. The first kappa shape index (κ1) is 13.6. The lowest BCUT2D eigenvalue weighted by atomic mass is 10.2. The summed E-state index contributed by atoms with van der Waals surface area (Å²) >= 11 is 0. The van der Waals surface area contributed by atoms with Crippen molar-refractivity contribution in [2.75, 3.05) is 6.54 Å². The van der Waals surface area contributed by atoms with E-state index in [2.05, 4.69) is 29.5 Å². The maximum atomic E-state index is 5.70. The van der Waals surface area contributed by atoms with Crippen LogP contribution in [0.15, 0.2) is 34.9 Å². The van der Waals surface area contributed by atoms with Crippen LogP contribution in [0.3, 0.4) is 0 Å². The van der Waals surface area contributed by atoms with Crippen LogP contribution in [0.2, 0.25) is 0 Å². The van der Waals surface area contributed by atoms with Gasteiger partial charge >= 0.3 is 0 Å². The predicted molar refractivity (Wildman–Crippen MR) is 74.0 cm³/mol. The Morgan fingerprint density at radius 2 is 2.21 bits per heavy atom. The first-order valence-electron chi connectivity index (χ1n) is 6.62. The van der Waals surface area contributed by atoms with Crippen molar-refractivity contribution in [3.63, 3.8) is 0 Å². The highest BCUT2D eigenvalue weighted by Crippen LogP contribution is 2.15. The summed E-state index contributed by atoms with van der Waals surface area (Å²) in [6.45, 7) is 6.36. The number of nitrogens with one attached hydrogen (secondary N) is 1. The van der Waals surface area contributed by atoms with E-state index in [0.717, 1.165) is 36.7 Å². The molecule has 0 saturated heterocycles. The molecule has 4 heteroatoms. The van der Waals surface area contributed by atoms with Gasteiger partial charge in [-0.05, 0) is 37.6 Å². The van der Waals surface area contributed by atoms with E-state index >= 15 is 0 Å². The van der Waals surface area contributed by atoms with Gasteiger partial charge in [-0.15, -0.1) is 0 Å². The quantitative estimate of drug-likeness (QED) is 0.777. The molecule has 0 atom stereocenters. The van der Waals surface area contributed by atoms with Gasteiger partial charge in [0.1, 0.15) is 23.8 Å². The Balaban J connectivity index is 1.87. The summed E-state index contributed by atoms with van der Waals surface area (Å²) in [5, 5.41) is 7.27. The zero-order valence-electron chi connectivity index (χ0n) is 11.5. The summed E-state index contributed by atoms with van der Waals surface area (Å²) in [7, 11) is 0. The van der Waals surface area contributed by atoms with Crippen molar-refractivity contribution in [3.05, 3.63) is 47.3 Å². The summed E-state index contributed by atoms with van der Waals surface area (Å²) in [5.41, 5.74) is 2.04. The SMILES string of the molecule is CCCNCc1cccc(OCc2cc(C)on2)c1. The van der Waals surface area contributed by atoms with Crippen LogP contribution in [-0.2, 0) is 13.2 Å². The van der Waals surface area contributed by atoms with Crippen LogP contribution in [0.5, 0.6) is 5.75 Å². The Hall–Kier alpha value is -1.81. The Morgan fingerprint density at radius 1 is 1.32 bits per heavy atom. The maximum Gasteiger partial charge on any atom is 0.134 e. The first-order chi connectivity index (χ1) is 9.28. The third kappa shape index (κ3) is 4.41. The molecule has 1 aromatic heterocycles. The fourth-order valence-corrected chi connectivity index (χ4v) is 1.80. The van der Waals surface area contributed by atoms with Gasteiger partial charge in [-0.3, -0.25) is 0 Å². The molecule has 4 nitrogen and oxygen atoms in total. The molecule has 0 saturated carbocycles. The molecule has 0 bridgehead atoms. The average Bonchev–Trinajstić information content (AvgIpc) is 2.83. The number of hydrogen-bond donors (Lipinski definition) is 1. The van der Waals surface area contributed by atoms with Gasteiger partial charge in [0.15, 0.2) is 0 Å². The van der Waals surface area contributed by atoms with Crippen molar-refractivity contribution < 1.29 is 9.26 Å². The van der Waals surface area contributed by atoms with Gasteiger partial charge in [-0.25, -0.2) is 0 Å². The van der Waals surface area contributed by atoms with Gasteiger partial charge in [0.25, 0.3) is 0 Å². The molecule has 0 aliphatic rings. The normalized spacial score (nSPS) is 10.6. The largest absolute Gasteiger partial charge is 0.487 e. The molecule has 0 unspecified atom stereocenters. The van der Waals surface area contributed by atoms with Crippen molar-refractivity contribution >= 4 is 0 Å². The third-order valence-electron chi connectivity index (χ3n) is 2.72. The second-order valence-corrected chi connectivity index (χ2v) is 4.54. The molecule has 0 fully saturated rings. The fourth-order valence-electron chi connectivity index (χ4n) is 1.80. The van der Waals surface area contributed by atoms with Gasteiger partial charge in [-0.1, -0.05) is 24.2 Å². The van der Waals surface area contributed by atoms with E-state index in [1.807, 2.05) is 25.1 Å². The number of rotatable bonds is 7. The van der Waals surface area contributed by atoms with Crippen LogP contribution in [0.1, 0.15) is 30.4 Å². The van der Waals surface area contributed by atoms with Crippen LogP contribution < -0.4 is 10.1 Å². The van der Waals surface area contributed by atoms with E-state index in [0.29, 0.717) is 6.61 Å². The zero-order valence-corrected chi connectivity index (χ0v) is 11.5. The molecule has 19 heavy (non-hydrogen) atoms. The molecular weight excluding hydrogens is 240 g/mol. The van der Waals surface area contributed by atoms with Crippen molar-refractivity contribution in [1.82, 2.24) is 10.5 Å². The lowest BCUT2D eigenvalue weighted by molar-refractivity contribution is 0.287. The molecule has 2 aromatic rings. The standard InChI is InChI=1S/C15H20N2O2/c1-3-7-16-10-13-5-4-6-15(9-13)18-11-14-8-12(2)19-17-14/h4-6,8-9,16H,3,7,10-11H2,1-2H3. The summed E-state index contributed by atoms with van der Waals surface area (Å²) in [6.07, 6.45) is 1.14. The summed E-state index contributed by atoms with van der Waals surface area (Å²) in [6, 6.07) is 9.99. The van der Waals surface area contributed by atoms with Crippen LogP contribution in [0.25, 0.3) is 0 Å². The molecule has 0 radical (unpaired) electrons. The molecule has 102 valence electrons. The third-order valence-corrected chi connectivity index (χ3v) is 2.72. The lowest BCUT2D eigenvalue weighted by Crippen LogP contribution is -2.13. The minimum absolute atomic E-state index is 0.434. The molecule has 2 rings (SSSR count). The lowest BCUT2D eigenvalue weighted by Gasteiger charge is -2.07. The van der Waals surface area contributed by atoms with E-state index in [4.69, 9.17) is 9.26 Å². The maximum absolute atomic E-state index is 5.70. The zero-order chi connectivity index (χ0) is 13.5. The van der Waals surface area contributed by atoms with Gasteiger partial charge in [0.05, 0.1) is 0 Å². The van der Waals surface area contributed by atoms with E-state index in [1.54, 1.807) is 0 Å². The van der Waals surface area contributed by atoms with Crippen LogP contribution in [0.4, 0.5) is 0 Å². The summed E-state index contributed by atoms with van der Waals surface area (Å²) < 4.78 is 10.7. The predicted octanol–water partition coefficient (Wildman–Crippen LogP) is 3.06. The van der Waals surface area contributed by atoms with Crippen molar-refractivity contribution in [2.45, 2.75) is 33.4 Å². The summed E-state index contributed by atoms with van der Waals surface area (Å²) in [4.78, 5) is 0. The van der Waals surface area contributed by atoms with Crippen LogP contribution in [-0.4, -0.2) is 11.7 Å². The Kier molecular flexibility index (Phi) is 4.98. The number of aromatic nitrogens is 1. The van der Waals surface area contributed by atoms with Gasteiger partial charge in [0, 0.05) is 12.6 Å². The first-order valence-corrected chi connectivity index (χ1v) is 6.62. The van der Waals surface area contributed by atoms with E-state index in [9.17, 15) is 0 Å². The van der Waals surface area contributed by atoms with Gasteiger partial charge in [-0.2, -0.15) is 0 Å². The molecular formula is C15H20N2O2. The number of benzene rings is 1. The van der Waals surface area contributed by atoms with Gasteiger partial charge in [0.2, 0.25) is 0 Å². The average molecular weight is 260 g/mol. The fraction of sp³-hybridized carbons (Fsp3) is 0.400. The second-order valence-electron chi connectivity index (χ2n) is 4.54. The topological polar surface area (TPSA) is 47.3 Å². The highest BCUT2D eigenvalue weighted by molar-refractivity contribution is 5.28. The van der Waals surface area contributed by atoms with Crippen LogP contribution in [0, 0.1) is 6.92 Å². The molecule has 0 aliphatic carbocycles. The molecule has 0 aliphatic heterocycles. The monoisotopic (exact) mass is 260 g/mol. The van der Waals surface area contributed by atoms with E-state index in [-0.39, 0.29) is 0 Å². The highest BCUT2D eigenvalue weighted by atomic mass is 16.5. The molecule has 1 aromatic carbocycles. The van der Waals surface area contributed by atoms with Gasteiger partial charge < -0.3 is 14.6 Å². The number of nitrogens with zero attached hydrogens (tertiary/aromatic N) is 1. The second kappa shape index (κ2) is 6.95. The van der Waals surface area contributed by atoms with Crippen molar-refractivity contribution in [1.29, 1.82) is 0 Å². The number of ether oxygens (including phenoxy) is 1.